The van der Waals surface area contributed by atoms with E-state index in [0.717, 1.165) is 49.4 Å². The van der Waals surface area contributed by atoms with Crippen LogP contribution in [0, 0.1) is 11.8 Å². The molecule has 1 saturated heterocycles. The molecule has 6 heteroatoms. The van der Waals surface area contributed by atoms with Crippen LogP contribution in [0.4, 0.5) is 11.6 Å². The van der Waals surface area contributed by atoms with E-state index in [-0.39, 0.29) is 0 Å². The number of nitrogens with zero attached hydrogens (tertiary/aromatic N) is 3. The molecule has 0 spiro atoms. The molecule has 0 amide bonds. The third-order valence-electron chi connectivity index (χ3n) is 4.98. The summed E-state index contributed by atoms with van der Waals surface area (Å²) in [5, 5.41) is 0.581. The molecule has 26 heavy (non-hydrogen) atoms. The molecule has 2 N–H and O–H groups in total. The predicted molar refractivity (Wildman–Crippen MR) is 107 cm³/mol. The van der Waals surface area contributed by atoms with Crippen molar-refractivity contribution in [1.82, 2.24) is 9.97 Å². The van der Waals surface area contributed by atoms with Gasteiger partial charge in [-0.05, 0) is 49.7 Å². The zero-order valence-corrected chi connectivity index (χ0v) is 16.0. The molecule has 1 aromatic heterocycles. The summed E-state index contributed by atoms with van der Waals surface area (Å²) in [6.07, 6.45) is 8.01. The Morgan fingerprint density at radius 3 is 2.69 bits per heavy atom. The summed E-state index contributed by atoms with van der Waals surface area (Å²) in [4.78, 5) is 10.9. The van der Waals surface area contributed by atoms with E-state index in [1.54, 1.807) is 12.4 Å². The molecule has 5 nitrogen and oxygen atoms in total. The second-order valence-corrected chi connectivity index (χ2v) is 7.62. The van der Waals surface area contributed by atoms with Crippen LogP contribution >= 0.6 is 11.6 Å². The second kappa shape index (κ2) is 9.08. The van der Waals surface area contributed by atoms with Gasteiger partial charge in [0.05, 0.1) is 24.0 Å². The Bertz CT molecular complexity index is 686. The van der Waals surface area contributed by atoms with Crippen LogP contribution in [0.3, 0.4) is 0 Å². The topological polar surface area (TPSA) is 64.3 Å². The first-order valence-corrected chi connectivity index (χ1v) is 9.69. The fraction of sp³-hybridized carbons (Fsp3) is 0.500. The van der Waals surface area contributed by atoms with Gasteiger partial charge in [0.25, 0.3) is 0 Å². The van der Waals surface area contributed by atoms with Crippen molar-refractivity contribution >= 4 is 23.2 Å². The third-order valence-corrected chi connectivity index (χ3v) is 5.17. The van der Waals surface area contributed by atoms with Gasteiger partial charge in [-0.2, -0.15) is 0 Å². The van der Waals surface area contributed by atoms with E-state index in [0.29, 0.717) is 10.9 Å². The average molecular weight is 375 g/mol. The normalized spacial score (nSPS) is 16.5. The Hall–Kier alpha value is -2.01. The number of aromatic nitrogens is 2. The number of benzene rings is 1. The van der Waals surface area contributed by atoms with Crippen molar-refractivity contribution in [2.24, 2.45) is 11.8 Å². The van der Waals surface area contributed by atoms with Crippen molar-refractivity contribution in [3.8, 4) is 5.75 Å². The molecule has 0 aliphatic carbocycles. The van der Waals surface area contributed by atoms with Crippen LogP contribution in [0.2, 0.25) is 5.02 Å². The zero-order chi connectivity index (χ0) is 18.4. The van der Waals surface area contributed by atoms with Crippen molar-refractivity contribution in [3.05, 3.63) is 41.7 Å². The first-order chi connectivity index (χ1) is 12.6. The van der Waals surface area contributed by atoms with Gasteiger partial charge in [-0.15, -0.1) is 0 Å². The van der Waals surface area contributed by atoms with Gasteiger partial charge in [0, 0.05) is 24.8 Å². The van der Waals surface area contributed by atoms with Gasteiger partial charge in [0.1, 0.15) is 5.75 Å². The highest BCUT2D eigenvalue weighted by atomic mass is 35.5. The molecule has 0 bridgehead atoms. The van der Waals surface area contributed by atoms with Gasteiger partial charge in [0.15, 0.2) is 0 Å². The lowest BCUT2D eigenvalue weighted by Gasteiger charge is -2.33. The summed E-state index contributed by atoms with van der Waals surface area (Å²) < 4.78 is 5.82. The average Bonchev–Trinajstić information content (AvgIpc) is 2.63. The number of nitrogens with two attached hydrogens (primary N) is 1. The first kappa shape index (κ1) is 18.8. The van der Waals surface area contributed by atoms with E-state index < -0.39 is 0 Å². The summed E-state index contributed by atoms with van der Waals surface area (Å²) in [7, 11) is 0. The summed E-state index contributed by atoms with van der Waals surface area (Å²) in [6, 6.07) is 7.62. The van der Waals surface area contributed by atoms with Crippen LogP contribution in [0.1, 0.15) is 32.6 Å². The van der Waals surface area contributed by atoms with Crippen molar-refractivity contribution in [1.29, 1.82) is 0 Å². The monoisotopic (exact) mass is 374 g/mol. The van der Waals surface area contributed by atoms with Gasteiger partial charge in [-0.3, -0.25) is 0 Å². The lowest BCUT2D eigenvalue weighted by molar-refractivity contribution is 0.252. The van der Waals surface area contributed by atoms with Gasteiger partial charge in [-0.1, -0.05) is 24.6 Å². The number of nitrogen functional groups attached to an aromatic ring is 1. The number of rotatable bonds is 7. The van der Waals surface area contributed by atoms with Crippen LogP contribution in [0.15, 0.2) is 36.7 Å². The fourth-order valence-corrected chi connectivity index (χ4v) is 3.60. The smallest absolute Gasteiger partial charge is 0.225 e. The summed E-state index contributed by atoms with van der Waals surface area (Å²) in [6.45, 7) is 5.08. The lowest BCUT2D eigenvalue weighted by Crippen LogP contribution is -2.35. The summed E-state index contributed by atoms with van der Waals surface area (Å²) in [5.41, 5.74) is 6.52. The van der Waals surface area contributed by atoms with Crippen LogP contribution in [-0.4, -0.2) is 29.7 Å². The number of halogens is 1. The number of anilines is 2. The Labute approximate surface area is 160 Å². The van der Waals surface area contributed by atoms with Crippen molar-refractivity contribution < 1.29 is 4.74 Å². The molecule has 0 radical (unpaired) electrons. The van der Waals surface area contributed by atoms with Gasteiger partial charge >= 0.3 is 0 Å². The second-order valence-electron chi connectivity index (χ2n) is 7.18. The van der Waals surface area contributed by atoms with Crippen molar-refractivity contribution in [2.75, 3.05) is 30.3 Å². The number of piperidine rings is 1. The molecule has 140 valence electrons. The maximum Gasteiger partial charge on any atom is 0.225 e. The van der Waals surface area contributed by atoms with E-state index in [2.05, 4.69) is 21.8 Å². The molecule has 1 unspecified atom stereocenters. The lowest BCUT2D eigenvalue weighted by atomic mass is 9.87. The van der Waals surface area contributed by atoms with Gasteiger partial charge in [-0.25, -0.2) is 9.97 Å². The highest BCUT2D eigenvalue weighted by Gasteiger charge is 2.22. The molecule has 1 atom stereocenters. The Morgan fingerprint density at radius 2 is 2.00 bits per heavy atom. The highest BCUT2D eigenvalue weighted by molar-refractivity contribution is 6.30. The molecule has 1 aliphatic heterocycles. The van der Waals surface area contributed by atoms with Crippen LogP contribution in [0.5, 0.6) is 5.75 Å². The fourth-order valence-electron chi connectivity index (χ4n) is 3.51. The van der Waals surface area contributed by atoms with E-state index in [1.165, 1.54) is 19.3 Å². The SMILES string of the molecule is CC(CCOc1cccc(N)c1)CC1CCN(c2ncc(Cl)cn2)CC1. The Balaban J connectivity index is 1.36. The molecule has 0 saturated carbocycles. The van der Waals surface area contributed by atoms with Crippen LogP contribution in [-0.2, 0) is 0 Å². The molecule has 2 aromatic rings. The van der Waals surface area contributed by atoms with Crippen LogP contribution in [0.25, 0.3) is 0 Å². The predicted octanol–water partition coefficient (Wildman–Crippen LogP) is 4.42. The molecular formula is C20H27ClN4O. The maximum absolute atomic E-state index is 5.86. The Morgan fingerprint density at radius 1 is 1.27 bits per heavy atom. The minimum absolute atomic E-state index is 0.581. The molecule has 1 fully saturated rings. The van der Waals surface area contributed by atoms with Crippen LogP contribution < -0.4 is 15.4 Å². The quantitative estimate of drug-likeness (QED) is 0.726. The standard InChI is InChI=1S/C20H27ClN4O/c1-15(7-10-26-19-4-2-3-18(22)12-19)11-16-5-8-25(9-6-16)20-23-13-17(21)14-24-20/h2-4,12-16H,5-11,22H2,1H3. The van der Waals surface area contributed by atoms with Crippen molar-refractivity contribution in [3.63, 3.8) is 0 Å². The minimum Gasteiger partial charge on any atom is -0.494 e. The maximum atomic E-state index is 5.86. The van der Waals surface area contributed by atoms with Gasteiger partial charge in [0.2, 0.25) is 5.95 Å². The summed E-state index contributed by atoms with van der Waals surface area (Å²) >= 11 is 5.86. The number of hydrogen-bond donors (Lipinski definition) is 1. The zero-order valence-electron chi connectivity index (χ0n) is 15.3. The van der Waals surface area contributed by atoms with Crippen molar-refractivity contribution in [2.45, 2.75) is 32.6 Å². The largest absolute Gasteiger partial charge is 0.494 e. The molecular weight excluding hydrogens is 348 g/mol. The third kappa shape index (κ3) is 5.49. The van der Waals surface area contributed by atoms with E-state index in [9.17, 15) is 0 Å². The Kier molecular flexibility index (Phi) is 6.56. The highest BCUT2D eigenvalue weighted by Crippen LogP contribution is 2.27. The molecule has 3 rings (SSSR count). The minimum atomic E-state index is 0.581. The van der Waals surface area contributed by atoms with Gasteiger partial charge < -0.3 is 15.4 Å². The molecule has 2 heterocycles. The first-order valence-electron chi connectivity index (χ1n) is 9.31. The molecule has 1 aliphatic rings. The van der Waals surface area contributed by atoms with E-state index >= 15 is 0 Å². The van der Waals surface area contributed by atoms with E-state index in [1.807, 2.05) is 24.3 Å². The number of hydrogen-bond acceptors (Lipinski definition) is 5. The molecule has 1 aromatic carbocycles. The number of ether oxygens (including phenoxy) is 1. The summed E-state index contributed by atoms with van der Waals surface area (Å²) in [5.74, 6) is 3.06. The van der Waals surface area contributed by atoms with E-state index in [4.69, 9.17) is 22.1 Å².